The van der Waals surface area contributed by atoms with E-state index in [1.54, 1.807) is 0 Å². The lowest BCUT2D eigenvalue weighted by Crippen LogP contribution is -2.25. The molecule has 0 N–H and O–H groups in total. The number of para-hydroxylation sites is 2. The molecule has 56 heavy (non-hydrogen) atoms. The summed E-state index contributed by atoms with van der Waals surface area (Å²) < 4.78 is 6.72. The first-order valence-electron chi connectivity index (χ1n) is 19.6. The molecule has 0 saturated heterocycles. The van der Waals surface area contributed by atoms with E-state index in [2.05, 4.69) is 207 Å². The number of hydrogen-bond donors (Lipinski definition) is 0. The Morgan fingerprint density at radius 2 is 0.929 bits per heavy atom. The van der Waals surface area contributed by atoms with E-state index in [9.17, 15) is 0 Å². The molecule has 1 spiro atoms. The van der Waals surface area contributed by atoms with Crippen LogP contribution < -0.4 is 4.90 Å². The van der Waals surface area contributed by atoms with Crippen molar-refractivity contribution in [1.82, 2.24) is 0 Å². The normalized spacial score (nSPS) is 16.2. The van der Waals surface area contributed by atoms with Gasteiger partial charge in [0.05, 0.1) is 5.41 Å². The monoisotopic (exact) mass is 715 g/mol. The molecule has 2 heteroatoms. The molecule has 1 unspecified atom stereocenters. The summed E-state index contributed by atoms with van der Waals surface area (Å²) in [5.41, 5.74) is 20.5. The van der Waals surface area contributed by atoms with Gasteiger partial charge in [-0.05, 0) is 110 Å². The van der Waals surface area contributed by atoms with Crippen LogP contribution in [0.5, 0.6) is 0 Å². The van der Waals surface area contributed by atoms with Gasteiger partial charge in [0.2, 0.25) is 0 Å². The minimum absolute atomic E-state index is 0.0813. The summed E-state index contributed by atoms with van der Waals surface area (Å²) in [6, 6.07) is 69.2. The van der Waals surface area contributed by atoms with Crippen molar-refractivity contribution in [2.75, 3.05) is 4.90 Å². The van der Waals surface area contributed by atoms with Crippen LogP contribution in [0.3, 0.4) is 0 Å². The molecule has 1 heterocycles. The van der Waals surface area contributed by atoms with Gasteiger partial charge in [-0.1, -0.05) is 153 Å². The van der Waals surface area contributed by atoms with Crippen molar-refractivity contribution < 1.29 is 4.42 Å². The van der Waals surface area contributed by atoms with Crippen LogP contribution in [0.15, 0.2) is 192 Å². The number of benzene rings is 8. The van der Waals surface area contributed by atoms with Gasteiger partial charge in [0.1, 0.15) is 11.3 Å². The molecule has 1 aromatic heterocycles. The molecule has 9 aromatic rings. The number of furan rings is 1. The fourth-order valence-electron chi connectivity index (χ4n) is 10.4. The summed E-state index contributed by atoms with van der Waals surface area (Å²) in [4.78, 5) is 2.39. The Balaban J connectivity index is 1.00. The molecule has 3 aliphatic carbocycles. The highest BCUT2D eigenvalue weighted by Crippen LogP contribution is 2.65. The number of anilines is 3. The van der Waals surface area contributed by atoms with Gasteiger partial charge in [0.25, 0.3) is 0 Å². The van der Waals surface area contributed by atoms with E-state index in [0.29, 0.717) is 0 Å². The molecule has 3 aliphatic rings. The average molecular weight is 716 g/mol. The van der Waals surface area contributed by atoms with Crippen LogP contribution in [-0.4, -0.2) is 0 Å². The highest BCUT2D eigenvalue weighted by atomic mass is 16.3. The predicted octanol–water partition coefficient (Wildman–Crippen LogP) is 14.2. The van der Waals surface area contributed by atoms with Gasteiger partial charge in [0.15, 0.2) is 0 Å². The number of nitrogens with zero attached hydrogens (tertiary/aromatic N) is 1. The van der Waals surface area contributed by atoms with Gasteiger partial charge in [-0.25, -0.2) is 0 Å². The van der Waals surface area contributed by atoms with Crippen molar-refractivity contribution >= 4 is 28.0 Å². The highest BCUT2D eigenvalue weighted by Gasteiger charge is 2.54. The van der Waals surface area contributed by atoms with E-state index >= 15 is 0 Å². The summed E-state index contributed by atoms with van der Waals surface area (Å²) in [5, 5.41) is 1.18. The molecule has 0 radical (unpaired) electrons. The van der Waals surface area contributed by atoms with Gasteiger partial charge in [-0.2, -0.15) is 0 Å². The number of hydrogen-bond acceptors (Lipinski definition) is 2. The van der Waals surface area contributed by atoms with Gasteiger partial charge in [0, 0.05) is 39.0 Å². The van der Waals surface area contributed by atoms with E-state index in [1.165, 1.54) is 77.7 Å². The molecule has 0 fully saturated rings. The predicted molar refractivity (Wildman–Crippen MR) is 230 cm³/mol. The fourth-order valence-corrected chi connectivity index (χ4v) is 10.4. The molecule has 8 aromatic carbocycles. The molecule has 0 bridgehead atoms. The van der Waals surface area contributed by atoms with Crippen LogP contribution in [-0.2, 0) is 10.8 Å². The van der Waals surface area contributed by atoms with Crippen molar-refractivity contribution in [1.29, 1.82) is 0 Å². The van der Waals surface area contributed by atoms with Crippen molar-refractivity contribution in [2.24, 2.45) is 0 Å². The second-order valence-electron chi connectivity index (χ2n) is 16.0. The molecule has 1 atom stereocenters. The largest absolute Gasteiger partial charge is 0.456 e. The molecular weight excluding hydrogens is 679 g/mol. The summed E-state index contributed by atoms with van der Waals surface area (Å²) in [6.45, 7) is 4.70. The summed E-state index contributed by atoms with van der Waals surface area (Å²) >= 11 is 0. The lowest BCUT2D eigenvalue weighted by Gasteiger charge is -2.30. The van der Waals surface area contributed by atoms with Crippen LogP contribution >= 0.6 is 0 Å². The standard InChI is InChI=1S/C54H37NO/c1-53(2)45-20-10-6-16-39(45)41-31-29-38(33-48(41)53)55(36-14-4-3-5-15-36)37-27-24-34(25-28-37)35-26-30-42-40-17-7-11-21-46(40)54(49(42)32-35)47-22-12-8-18-43(47)52-51(54)44-19-9-13-23-50(44)56-52/h3-33H,1-2H3. The fraction of sp³-hybridized carbons (Fsp3) is 0.0741. The second kappa shape index (κ2) is 11.3. The van der Waals surface area contributed by atoms with E-state index in [1.807, 2.05) is 0 Å². The van der Waals surface area contributed by atoms with Crippen LogP contribution in [0.2, 0.25) is 0 Å². The molecule has 12 rings (SSSR count). The maximum atomic E-state index is 6.72. The Morgan fingerprint density at radius 1 is 0.393 bits per heavy atom. The Kier molecular flexibility index (Phi) is 6.36. The lowest BCUT2D eigenvalue weighted by atomic mass is 9.70. The highest BCUT2D eigenvalue weighted by molar-refractivity contribution is 6.02. The van der Waals surface area contributed by atoms with Crippen LogP contribution in [0.25, 0.3) is 55.7 Å². The number of fused-ring (bicyclic) bond motifs is 15. The molecule has 0 saturated carbocycles. The Morgan fingerprint density at radius 3 is 1.71 bits per heavy atom. The van der Waals surface area contributed by atoms with Crippen molar-refractivity contribution in [3.8, 4) is 44.7 Å². The van der Waals surface area contributed by atoms with E-state index in [4.69, 9.17) is 4.42 Å². The van der Waals surface area contributed by atoms with Crippen molar-refractivity contribution in [3.63, 3.8) is 0 Å². The van der Waals surface area contributed by atoms with E-state index in [0.717, 1.165) is 28.4 Å². The van der Waals surface area contributed by atoms with Crippen molar-refractivity contribution in [3.05, 3.63) is 221 Å². The molecular formula is C54H37NO. The molecule has 0 aliphatic heterocycles. The van der Waals surface area contributed by atoms with Crippen LogP contribution in [0.1, 0.15) is 47.2 Å². The topological polar surface area (TPSA) is 16.4 Å². The zero-order chi connectivity index (χ0) is 37.2. The molecule has 2 nitrogen and oxygen atoms in total. The van der Waals surface area contributed by atoms with Gasteiger partial charge in [-0.3, -0.25) is 0 Å². The maximum Gasteiger partial charge on any atom is 0.140 e. The van der Waals surface area contributed by atoms with Gasteiger partial charge >= 0.3 is 0 Å². The quantitative estimate of drug-likeness (QED) is 0.180. The average Bonchev–Trinajstić information content (AvgIpc) is 3.93. The third-order valence-corrected chi connectivity index (χ3v) is 12.9. The first-order chi connectivity index (χ1) is 27.5. The van der Waals surface area contributed by atoms with Gasteiger partial charge in [-0.15, -0.1) is 0 Å². The maximum absolute atomic E-state index is 6.72. The zero-order valence-corrected chi connectivity index (χ0v) is 31.3. The first-order valence-corrected chi connectivity index (χ1v) is 19.6. The first kappa shape index (κ1) is 31.5. The summed E-state index contributed by atoms with van der Waals surface area (Å²) in [7, 11) is 0. The molecule has 264 valence electrons. The number of rotatable bonds is 4. The third-order valence-electron chi connectivity index (χ3n) is 12.9. The molecule has 0 amide bonds. The van der Waals surface area contributed by atoms with Crippen molar-refractivity contribution in [2.45, 2.75) is 24.7 Å². The third kappa shape index (κ3) is 4.06. The Hall–Kier alpha value is -6.90. The van der Waals surface area contributed by atoms with Gasteiger partial charge < -0.3 is 9.32 Å². The Bertz CT molecular complexity index is 3060. The second-order valence-corrected chi connectivity index (χ2v) is 16.0. The van der Waals surface area contributed by atoms with Crippen LogP contribution in [0, 0.1) is 0 Å². The van der Waals surface area contributed by atoms with E-state index < -0.39 is 5.41 Å². The SMILES string of the molecule is CC1(C)c2ccccc2-c2ccc(N(c3ccccc3)c3ccc(-c4ccc5c(c4)C4(c6ccccc6-5)c5ccccc5-c5oc6ccccc6c54)cc3)cc21. The summed E-state index contributed by atoms with van der Waals surface area (Å²) in [5.74, 6) is 0.985. The zero-order valence-electron chi connectivity index (χ0n) is 31.3. The minimum atomic E-state index is -0.481. The smallest absolute Gasteiger partial charge is 0.140 e. The van der Waals surface area contributed by atoms with E-state index in [-0.39, 0.29) is 5.41 Å². The summed E-state index contributed by atoms with van der Waals surface area (Å²) in [6.07, 6.45) is 0. The lowest BCUT2D eigenvalue weighted by molar-refractivity contribution is 0.628. The van der Waals surface area contributed by atoms with Crippen LogP contribution in [0.4, 0.5) is 17.1 Å². The Labute approximate surface area is 327 Å². The minimum Gasteiger partial charge on any atom is -0.456 e.